The monoisotopic (exact) mass is 152 g/mol. The highest BCUT2D eigenvalue weighted by molar-refractivity contribution is 6.32. The third-order valence-electron chi connectivity index (χ3n) is 0.777. The van der Waals surface area contributed by atoms with Gasteiger partial charge in [0.1, 0.15) is 6.10 Å². The summed E-state index contributed by atoms with van der Waals surface area (Å²) in [7, 11) is -2.16. The molecule has 0 amide bonds. The first-order valence-electron chi connectivity index (χ1n) is 2.56. The molecule has 2 atom stereocenters. The molecule has 6 nitrogen and oxygen atoms in total. The van der Waals surface area contributed by atoms with Crippen LogP contribution in [0.15, 0.2) is 0 Å². The molecule has 5 N–H and O–H groups in total. The second-order valence-corrected chi connectivity index (χ2v) is 1.60. The van der Waals surface area contributed by atoms with E-state index in [2.05, 4.69) is 4.65 Å². The summed E-state index contributed by atoms with van der Waals surface area (Å²) in [5, 5.41) is 41.3. The van der Waals surface area contributed by atoms with Gasteiger partial charge in [-0.15, -0.1) is 0 Å². The van der Waals surface area contributed by atoms with Gasteiger partial charge in [0.25, 0.3) is 0 Å². The summed E-state index contributed by atoms with van der Waals surface area (Å²) in [6.07, 6.45) is -3.31. The van der Waals surface area contributed by atoms with Gasteiger partial charge in [-0.05, 0) is 0 Å². The Balaban J connectivity index is 3.50. The Morgan fingerprint density at radius 2 is 1.80 bits per heavy atom. The van der Waals surface area contributed by atoms with Gasteiger partial charge in [-0.1, -0.05) is 0 Å². The summed E-state index contributed by atoms with van der Waals surface area (Å²) in [5.41, 5.74) is 0. The van der Waals surface area contributed by atoms with Crippen molar-refractivity contribution >= 4 is 7.32 Å². The number of aliphatic hydroxyl groups is 3. The van der Waals surface area contributed by atoms with E-state index in [0.29, 0.717) is 0 Å². The van der Waals surface area contributed by atoms with Gasteiger partial charge in [0.15, 0.2) is 6.29 Å². The van der Waals surface area contributed by atoms with Crippen LogP contribution < -0.4 is 0 Å². The molecule has 0 heterocycles. The lowest BCUT2D eigenvalue weighted by Crippen LogP contribution is -2.37. The predicted octanol–water partition coefficient (Wildman–Crippen LogP) is -3.36. The minimum Gasteiger partial charge on any atom is -0.402 e. The maximum absolute atomic E-state index is 8.54. The molecular weight excluding hydrogens is 143 g/mol. The molecule has 10 heavy (non-hydrogen) atoms. The zero-order chi connectivity index (χ0) is 8.15. The van der Waals surface area contributed by atoms with E-state index < -0.39 is 26.3 Å². The summed E-state index contributed by atoms with van der Waals surface area (Å²) >= 11 is 0. The van der Waals surface area contributed by atoms with Gasteiger partial charge >= 0.3 is 7.32 Å². The first kappa shape index (κ1) is 9.82. The van der Waals surface area contributed by atoms with Crippen LogP contribution in [0.2, 0.25) is 0 Å². The van der Waals surface area contributed by atoms with Gasteiger partial charge in [0, 0.05) is 0 Å². The highest BCUT2D eigenvalue weighted by Gasteiger charge is 2.21. The molecule has 0 bridgehead atoms. The third kappa shape index (κ3) is 3.78. The number of hydrogen-bond acceptors (Lipinski definition) is 6. The molecule has 0 saturated carbocycles. The highest BCUT2D eigenvalue weighted by Crippen LogP contribution is 1.94. The predicted molar refractivity (Wildman–Crippen MR) is 30.4 cm³/mol. The average molecular weight is 152 g/mol. The van der Waals surface area contributed by atoms with Gasteiger partial charge in [0.05, 0.1) is 6.61 Å². The molecule has 60 valence electrons. The molecule has 0 saturated heterocycles. The molecule has 0 aliphatic heterocycles. The fourth-order valence-electron chi connectivity index (χ4n) is 0.306. The van der Waals surface area contributed by atoms with Crippen LogP contribution in [-0.2, 0) is 4.65 Å². The van der Waals surface area contributed by atoms with Crippen molar-refractivity contribution < 1.29 is 30.0 Å². The third-order valence-corrected chi connectivity index (χ3v) is 0.777. The van der Waals surface area contributed by atoms with Crippen molar-refractivity contribution in [1.29, 1.82) is 0 Å². The average Bonchev–Trinajstić information content (AvgIpc) is 1.85. The van der Waals surface area contributed by atoms with E-state index >= 15 is 0 Å². The van der Waals surface area contributed by atoms with Crippen LogP contribution >= 0.6 is 0 Å². The Labute approximate surface area is 57.5 Å². The normalized spacial score (nSPS) is 16.5. The lowest BCUT2D eigenvalue weighted by Gasteiger charge is -2.15. The first-order valence-corrected chi connectivity index (χ1v) is 2.56. The zero-order valence-corrected chi connectivity index (χ0v) is 5.08. The van der Waals surface area contributed by atoms with Crippen LogP contribution in [0.25, 0.3) is 0 Å². The van der Waals surface area contributed by atoms with Gasteiger partial charge < -0.3 is 30.0 Å². The standard InChI is InChI=1S/C3H9BO6/c5-1-2(6)3(7)10-4(8)9/h2-3,5-9H,1H2. The SMILES string of the molecule is OCC(O)C(O)OB(O)O. The van der Waals surface area contributed by atoms with Crippen LogP contribution in [0.3, 0.4) is 0 Å². The molecule has 0 aliphatic carbocycles. The van der Waals surface area contributed by atoms with E-state index in [0.717, 1.165) is 0 Å². The molecule has 2 unspecified atom stereocenters. The topological polar surface area (TPSA) is 110 Å². The van der Waals surface area contributed by atoms with Crippen LogP contribution in [0.1, 0.15) is 0 Å². The Morgan fingerprint density at radius 1 is 1.30 bits per heavy atom. The molecule has 0 aromatic rings. The van der Waals surface area contributed by atoms with Crippen molar-refractivity contribution in [2.75, 3.05) is 6.61 Å². The van der Waals surface area contributed by atoms with E-state index in [4.69, 9.17) is 25.4 Å². The van der Waals surface area contributed by atoms with Crippen LogP contribution in [0.5, 0.6) is 0 Å². The van der Waals surface area contributed by atoms with Gasteiger partial charge in [-0.25, -0.2) is 0 Å². The molecule has 0 aliphatic rings. The summed E-state index contributed by atoms with van der Waals surface area (Å²) < 4.78 is 3.86. The minimum atomic E-state index is -2.16. The van der Waals surface area contributed by atoms with E-state index in [1.807, 2.05) is 0 Å². The van der Waals surface area contributed by atoms with E-state index in [1.54, 1.807) is 0 Å². The minimum absolute atomic E-state index is 0.714. The zero-order valence-electron chi connectivity index (χ0n) is 5.08. The van der Waals surface area contributed by atoms with Crippen molar-refractivity contribution in [2.24, 2.45) is 0 Å². The largest absolute Gasteiger partial charge is 0.635 e. The number of rotatable bonds is 4. The summed E-state index contributed by atoms with van der Waals surface area (Å²) in [4.78, 5) is 0. The molecule has 0 radical (unpaired) electrons. The summed E-state index contributed by atoms with van der Waals surface area (Å²) in [5.74, 6) is 0. The van der Waals surface area contributed by atoms with Crippen LogP contribution in [0.4, 0.5) is 0 Å². The number of hydrogen-bond donors (Lipinski definition) is 5. The maximum atomic E-state index is 8.54. The first-order chi connectivity index (χ1) is 4.57. The van der Waals surface area contributed by atoms with Gasteiger partial charge in [-0.2, -0.15) is 0 Å². The summed E-state index contributed by atoms with van der Waals surface area (Å²) in [6, 6.07) is 0. The second-order valence-electron chi connectivity index (χ2n) is 1.60. The molecular formula is C3H9BO6. The van der Waals surface area contributed by atoms with E-state index in [1.165, 1.54) is 0 Å². The van der Waals surface area contributed by atoms with Crippen molar-refractivity contribution in [1.82, 2.24) is 0 Å². The fraction of sp³-hybridized carbons (Fsp3) is 1.00. The van der Waals surface area contributed by atoms with Gasteiger partial charge in [-0.3, -0.25) is 0 Å². The molecule has 0 fully saturated rings. The molecule has 0 spiro atoms. The van der Waals surface area contributed by atoms with Crippen molar-refractivity contribution in [3.63, 3.8) is 0 Å². The smallest absolute Gasteiger partial charge is 0.402 e. The summed E-state index contributed by atoms with van der Waals surface area (Å²) in [6.45, 7) is -0.714. The van der Waals surface area contributed by atoms with Crippen molar-refractivity contribution in [3.8, 4) is 0 Å². The molecule has 0 rings (SSSR count). The number of aliphatic hydroxyl groups excluding tert-OH is 3. The lowest BCUT2D eigenvalue weighted by molar-refractivity contribution is -0.134. The molecule has 0 aromatic heterocycles. The van der Waals surface area contributed by atoms with Crippen molar-refractivity contribution in [2.45, 2.75) is 12.4 Å². The van der Waals surface area contributed by atoms with Crippen LogP contribution in [-0.4, -0.2) is 51.7 Å². The second kappa shape index (κ2) is 4.61. The Bertz CT molecular complexity index is 87.1. The van der Waals surface area contributed by atoms with Gasteiger partial charge in [0.2, 0.25) is 0 Å². The molecule has 7 heteroatoms. The Morgan fingerprint density at radius 3 is 2.10 bits per heavy atom. The Hall–Kier alpha value is -0.175. The van der Waals surface area contributed by atoms with E-state index in [-0.39, 0.29) is 0 Å². The van der Waals surface area contributed by atoms with Crippen molar-refractivity contribution in [3.05, 3.63) is 0 Å². The van der Waals surface area contributed by atoms with E-state index in [9.17, 15) is 0 Å². The molecule has 0 aromatic carbocycles. The fourth-order valence-corrected chi connectivity index (χ4v) is 0.306. The highest BCUT2D eigenvalue weighted by atomic mass is 16.7. The van der Waals surface area contributed by atoms with Crippen LogP contribution in [0, 0.1) is 0 Å². The maximum Gasteiger partial charge on any atom is 0.635 e. The quantitative estimate of drug-likeness (QED) is 0.212. The lowest BCUT2D eigenvalue weighted by atomic mass is 10.2. The Kier molecular flexibility index (Phi) is 4.53.